The molecular formula is C16H21NO. The lowest BCUT2D eigenvalue weighted by molar-refractivity contribution is 0.449. The van der Waals surface area contributed by atoms with Crippen molar-refractivity contribution in [2.24, 2.45) is 0 Å². The van der Waals surface area contributed by atoms with E-state index < -0.39 is 0 Å². The molecule has 1 N–H and O–H groups in total. The van der Waals surface area contributed by atoms with Gasteiger partial charge in [0.2, 0.25) is 0 Å². The quantitative estimate of drug-likeness (QED) is 0.881. The summed E-state index contributed by atoms with van der Waals surface area (Å²) in [7, 11) is 0. The van der Waals surface area contributed by atoms with Gasteiger partial charge in [-0.1, -0.05) is 36.2 Å². The molecule has 0 aliphatic carbocycles. The van der Waals surface area contributed by atoms with Gasteiger partial charge in [0.1, 0.15) is 5.76 Å². The Bertz CT molecular complexity index is 507. The third-order valence-electron chi connectivity index (χ3n) is 3.15. The third kappa shape index (κ3) is 2.65. The Kier molecular flexibility index (Phi) is 3.87. The van der Waals surface area contributed by atoms with Crippen LogP contribution < -0.4 is 5.32 Å². The van der Waals surface area contributed by atoms with Gasteiger partial charge >= 0.3 is 0 Å². The Balaban J connectivity index is 2.44. The van der Waals surface area contributed by atoms with Crippen LogP contribution in [0.5, 0.6) is 0 Å². The van der Waals surface area contributed by atoms with Gasteiger partial charge in [-0.2, -0.15) is 0 Å². The molecule has 1 aromatic carbocycles. The van der Waals surface area contributed by atoms with Gasteiger partial charge in [0.25, 0.3) is 0 Å². The minimum absolute atomic E-state index is 0.142. The largest absolute Gasteiger partial charge is 0.467 e. The first-order valence-corrected chi connectivity index (χ1v) is 6.47. The fourth-order valence-electron chi connectivity index (χ4n) is 2.42. The molecule has 0 spiro atoms. The first-order chi connectivity index (χ1) is 8.61. The summed E-state index contributed by atoms with van der Waals surface area (Å²) in [5.74, 6) is 1.02. The van der Waals surface area contributed by atoms with Crippen molar-refractivity contribution >= 4 is 0 Å². The van der Waals surface area contributed by atoms with E-state index in [0.29, 0.717) is 0 Å². The zero-order valence-electron chi connectivity index (χ0n) is 11.6. The van der Waals surface area contributed by atoms with Crippen LogP contribution in [0, 0.1) is 20.8 Å². The Labute approximate surface area is 109 Å². The van der Waals surface area contributed by atoms with E-state index in [9.17, 15) is 0 Å². The summed E-state index contributed by atoms with van der Waals surface area (Å²) in [5.41, 5.74) is 5.04. The summed E-state index contributed by atoms with van der Waals surface area (Å²) in [5, 5.41) is 3.50. The lowest BCUT2D eigenvalue weighted by Gasteiger charge is -2.18. The first kappa shape index (κ1) is 12.9. The highest BCUT2D eigenvalue weighted by atomic mass is 16.3. The fraction of sp³-hybridized carbons (Fsp3) is 0.375. The lowest BCUT2D eigenvalue weighted by atomic mass is 9.98. The van der Waals surface area contributed by atoms with Crippen molar-refractivity contribution in [3.63, 3.8) is 0 Å². The minimum Gasteiger partial charge on any atom is -0.467 e. The van der Waals surface area contributed by atoms with E-state index in [4.69, 9.17) is 4.42 Å². The molecule has 0 saturated heterocycles. The molecule has 96 valence electrons. The monoisotopic (exact) mass is 243 g/mol. The Morgan fingerprint density at radius 1 is 1.11 bits per heavy atom. The summed E-state index contributed by atoms with van der Waals surface area (Å²) in [6.07, 6.45) is 1.76. The molecule has 2 rings (SSSR count). The summed E-state index contributed by atoms with van der Waals surface area (Å²) < 4.78 is 5.65. The standard InChI is InChI=1S/C16H21NO/c1-5-17-15(16-13(4)6-7-18-16)14-9-11(2)8-12(3)10-14/h6-10,15,17H,5H2,1-4H3. The SMILES string of the molecule is CCNC(c1cc(C)cc(C)c1)c1occc1C. The zero-order valence-corrected chi connectivity index (χ0v) is 11.6. The van der Waals surface area contributed by atoms with Gasteiger partial charge in [-0.3, -0.25) is 0 Å². The van der Waals surface area contributed by atoms with Crippen LogP contribution in [0.3, 0.4) is 0 Å². The predicted molar refractivity (Wildman–Crippen MR) is 74.9 cm³/mol. The lowest BCUT2D eigenvalue weighted by Crippen LogP contribution is -2.22. The van der Waals surface area contributed by atoms with Gasteiger partial charge in [0, 0.05) is 0 Å². The van der Waals surface area contributed by atoms with Crippen molar-refractivity contribution in [1.82, 2.24) is 5.32 Å². The predicted octanol–water partition coefficient (Wildman–Crippen LogP) is 3.90. The molecule has 2 aromatic rings. The molecular weight excluding hydrogens is 222 g/mol. The Morgan fingerprint density at radius 2 is 1.78 bits per heavy atom. The van der Waals surface area contributed by atoms with Crippen LogP contribution >= 0.6 is 0 Å². The van der Waals surface area contributed by atoms with Crippen molar-refractivity contribution in [2.45, 2.75) is 33.7 Å². The maximum Gasteiger partial charge on any atom is 0.128 e. The molecule has 1 heterocycles. The highest BCUT2D eigenvalue weighted by Crippen LogP contribution is 2.27. The van der Waals surface area contributed by atoms with Crippen molar-refractivity contribution < 1.29 is 4.42 Å². The van der Waals surface area contributed by atoms with Gasteiger partial charge in [-0.05, 0) is 44.5 Å². The van der Waals surface area contributed by atoms with Crippen LogP contribution in [0.15, 0.2) is 34.9 Å². The van der Waals surface area contributed by atoms with Gasteiger partial charge < -0.3 is 9.73 Å². The summed E-state index contributed by atoms with van der Waals surface area (Å²) in [4.78, 5) is 0. The van der Waals surface area contributed by atoms with Crippen molar-refractivity contribution in [3.05, 3.63) is 58.5 Å². The van der Waals surface area contributed by atoms with Gasteiger partial charge in [0.15, 0.2) is 0 Å². The molecule has 0 fully saturated rings. The second-order valence-corrected chi connectivity index (χ2v) is 4.88. The van der Waals surface area contributed by atoms with Crippen LogP contribution in [0.25, 0.3) is 0 Å². The van der Waals surface area contributed by atoms with Crippen LogP contribution in [-0.4, -0.2) is 6.54 Å². The number of rotatable bonds is 4. The van der Waals surface area contributed by atoms with Crippen LogP contribution in [0.4, 0.5) is 0 Å². The summed E-state index contributed by atoms with van der Waals surface area (Å²) in [6.45, 7) is 9.39. The van der Waals surface area contributed by atoms with E-state index in [1.807, 2.05) is 6.07 Å². The molecule has 0 aliphatic rings. The fourth-order valence-corrected chi connectivity index (χ4v) is 2.42. The van der Waals surface area contributed by atoms with Gasteiger partial charge in [-0.25, -0.2) is 0 Å². The normalized spacial score (nSPS) is 12.7. The first-order valence-electron chi connectivity index (χ1n) is 6.47. The molecule has 0 bridgehead atoms. The summed E-state index contributed by atoms with van der Waals surface area (Å²) >= 11 is 0. The zero-order chi connectivity index (χ0) is 13.1. The molecule has 18 heavy (non-hydrogen) atoms. The molecule has 0 radical (unpaired) electrons. The molecule has 0 aliphatic heterocycles. The van der Waals surface area contributed by atoms with Crippen LogP contribution in [-0.2, 0) is 0 Å². The number of benzene rings is 1. The second-order valence-electron chi connectivity index (χ2n) is 4.88. The number of furan rings is 1. The van der Waals surface area contributed by atoms with E-state index in [2.05, 4.69) is 51.2 Å². The number of hydrogen-bond acceptors (Lipinski definition) is 2. The highest BCUT2D eigenvalue weighted by Gasteiger charge is 2.18. The molecule has 1 unspecified atom stereocenters. The van der Waals surface area contributed by atoms with Crippen molar-refractivity contribution in [1.29, 1.82) is 0 Å². The minimum atomic E-state index is 0.142. The molecule has 0 amide bonds. The van der Waals surface area contributed by atoms with Crippen molar-refractivity contribution in [3.8, 4) is 0 Å². The number of nitrogens with one attached hydrogen (secondary N) is 1. The topological polar surface area (TPSA) is 25.2 Å². The molecule has 0 saturated carbocycles. The van der Waals surface area contributed by atoms with Gasteiger partial charge in [0.05, 0.1) is 12.3 Å². The average molecular weight is 243 g/mol. The van der Waals surface area contributed by atoms with Gasteiger partial charge in [-0.15, -0.1) is 0 Å². The third-order valence-corrected chi connectivity index (χ3v) is 3.15. The Morgan fingerprint density at radius 3 is 2.28 bits per heavy atom. The molecule has 2 nitrogen and oxygen atoms in total. The second kappa shape index (κ2) is 5.40. The maximum absolute atomic E-state index is 5.65. The number of aryl methyl sites for hydroxylation is 3. The maximum atomic E-state index is 5.65. The van der Waals surface area contributed by atoms with Crippen LogP contribution in [0.2, 0.25) is 0 Å². The summed E-state index contributed by atoms with van der Waals surface area (Å²) in [6, 6.07) is 8.80. The van der Waals surface area contributed by atoms with E-state index in [1.54, 1.807) is 6.26 Å². The van der Waals surface area contributed by atoms with Crippen molar-refractivity contribution in [2.75, 3.05) is 6.54 Å². The molecule has 1 atom stereocenters. The Hall–Kier alpha value is -1.54. The van der Waals surface area contributed by atoms with Crippen LogP contribution in [0.1, 0.15) is 41.0 Å². The smallest absolute Gasteiger partial charge is 0.128 e. The van der Waals surface area contributed by atoms with E-state index in [1.165, 1.54) is 22.3 Å². The average Bonchev–Trinajstić information content (AvgIpc) is 2.71. The molecule has 2 heteroatoms. The van der Waals surface area contributed by atoms with E-state index in [0.717, 1.165) is 12.3 Å². The van der Waals surface area contributed by atoms with E-state index >= 15 is 0 Å². The van der Waals surface area contributed by atoms with E-state index in [-0.39, 0.29) is 6.04 Å². The number of hydrogen-bond donors (Lipinski definition) is 1. The molecule has 1 aromatic heterocycles. The highest BCUT2D eigenvalue weighted by molar-refractivity contribution is 5.36.